The minimum absolute atomic E-state index is 0.00607. The molecule has 3 amide bonds. The van der Waals surface area contributed by atoms with Crippen molar-refractivity contribution in [1.29, 1.82) is 0 Å². The average molecular weight is 452 g/mol. The summed E-state index contributed by atoms with van der Waals surface area (Å²) < 4.78 is 26.6. The Kier molecular flexibility index (Phi) is 5.85. The molecule has 1 aromatic heterocycles. The first-order valence-corrected chi connectivity index (χ1v) is 11.2. The van der Waals surface area contributed by atoms with E-state index in [4.69, 9.17) is 0 Å². The van der Waals surface area contributed by atoms with Gasteiger partial charge in [0.15, 0.2) is 5.82 Å². The van der Waals surface area contributed by atoms with E-state index in [1.54, 1.807) is 0 Å². The number of carbonyl (C=O) groups is 2. The molecule has 2 fully saturated rings. The SMILES string of the molecule is Cc1nc(N[C@H]2C[C@H](NC(=O)N3CCC(F)(F)CC3)C2)nc2c1NC(=O)C(C(C)C)N2C. The van der Waals surface area contributed by atoms with Gasteiger partial charge in [0.2, 0.25) is 11.9 Å². The van der Waals surface area contributed by atoms with Gasteiger partial charge in [-0.25, -0.2) is 18.6 Å². The summed E-state index contributed by atoms with van der Waals surface area (Å²) >= 11 is 0. The highest BCUT2D eigenvalue weighted by molar-refractivity contribution is 6.03. The topological polar surface area (TPSA) is 102 Å². The maximum Gasteiger partial charge on any atom is 0.317 e. The second kappa shape index (κ2) is 8.32. The van der Waals surface area contributed by atoms with Crippen molar-refractivity contribution in [2.24, 2.45) is 5.92 Å². The summed E-state index contributed by atoms with van der Waals surface area (Å²) in [6.07, 6.45) is 0.848. The number of hydrogen-bond donors (Lipinski definition) is 3. The molecule has 1 saturated heterocycles. The Morgan fingerprint density at radius 2 is 1.84 bits per heavy atom. The Labute approximate surface area is 186 Å². The molecule has 3 heterocycles. The van der Waals surface area contributed by atoms with Crippen molar-refractivity contribution < 1.29 is 18.4 Å². The molecule has 3 aliphatic rings. The number of likely N-dealkylation sites (N-methyl/N-ethyl adjacent to an activating group) is 1. The number of aromatic nitrogens is 2. The quantitative estimate of drug-likeness (QED) is 0.650. The first kappa shape index (κ1) is 22.5. The van der Waals surface area contributed by atoms with Gasteiger partial charge in [0.05, 0.1) is 5.69 Å². The van der Waals surface area contributed by atoms with Gasteiger partial charge in [-0.1, -0.05) is 13.8 Å². The Bertz CT molecular complexity index is 894. The van der Waals surface area contributed by atoms with Crippen molar-refractivity contribution in [2.45, 2.75) is 70.5 Å². The predicted octanol–water partition coefficient (Wildman–Crippen LogP) is 2.58. The summed E-state index contributed by atoms with van der Waals surface area (Å²) in [6.45, 7) is 5.99. The Hall–Kier alpha value is -2.72. The molecule has 4 rings (SSSR count). The second-order valence-corrected chi connectivity index (χ2v) is 9.42. The van der Waals surface area contributed by atoms with Crippen LogP contribution in [0.1, 0.15) is 45.2 Å². The summed E-state index contributed by atoms with van der Waals surface area (Å²) in [4.78, 5) is 37.3. The summed E-state index contributed by atoms with van der Waals surface area (Å²) in [5.74, 6) is -1.43. The number of nitrogens with zero attached hydrogens (tertiary/aromatic N) is 4. The first-order chi connectivity index (χ1) is 15.0. The number of hydrogen-bond acceptors (Lipinski definition) is 6. The largest absolute Gasteiger partial charge is 0.351 e. The zero-order valence-electron chi connectivity index (χ0n) is 18.9. The number of piperidine rings is 1. The smallest absolute Gasteiger partial charge is 0.317 e. The van der Waals surface area contributed by atoms with Gasteiger partial charge < -0.3 is 25.8 Å². The van der Waals surface area contributed by atoms with Crippen molar-refractivity contribution >= 4 is 29.4 Å². The van der Waals surface area contributed by atoms with Crippen LogP contribution in [-0.2, 0) is 4.79 Å². The zero-order chi connectivity index (χ0) is 23.2. The van der Waals surface area contributed by atoms with Crippen LogP contribution < -0.4 is 20.9 Å². The number of urea groups is 1. The molecule has 1 aromatic rings. The van der Waals surface area contributed by atoms with Crippen LogP contribution in [0.25, 0.3) is 0 Å². The van der Waals surface area contributed by atoms with E-state index in [2.05, 4.69) is 25.9 Å². The van der Waals surface area contributed by atoms with E-state index in [1.165, 1.54) is 4.90 Å². The number of carbonyl (C=O) groups excluding carboxylic acids is 2. The molecule has 0 radical (unpaired) electrons. The van der Waals surface area contributed by atoms with Crippen LogP contribution in [0.2, 0.25) is 0 Å². The van der Waals surface area contributed by atoms with Crippen LogP contribution in [-0.4, -0.2) is 71.0 Å². The monoisotopic (exact) mass is 451 g/mol. The van der Waals surface area contributed by atoms with E-state index in [9.17, 15) is 18.4 Å². The number of alkyl halides is 2. The maximum atomic E-state index is 13.3. The van der Waals surface area contributed by atoms with E-state index in [1.807, 2.05) is 32.7 Å². The van der Waals surface area contributed by atoms with Gasteiger partial charge in [-0.05, 0) is 25.7 Å². The molecule has 1 atom stereocenters. The van der Waals surface area contributed by atoms with Crippen molar-refractivity contribution in [3.05, 3.63) is 5.69 Å². The third-order valence-corrected chi connectivity index (χ3v) is 6.55. The number of halogens is 2. The number of rotatable bonds is 4. The summed E-state index contributed by atoms with van der Waals surface area (Å²) in [7, 11) is 1.86. The molecule has 176 valence electrons. The van der Waals surface area contributed by atoms with Crippen LogP contribution in [0, 0.1) is 12.8 Å². The molecule has 1 aliphatic carbocycles. The van der Waals surface area contributed by atoms with E-state index >= 15 is 0 Å². The number of nitrogens with one attached hydrogen (secondary N) is 3. The Balaban J connectivity index is 1.32. The fraction of sp³-hybridized carbons (Fsp3) is 0.714. The van der Waals surface area contributed by atoms with Gasteiger partial charge in [-0.3, -0.25) is 4.79 Å². The molecule has 3 N–H and O–H groups in total. The third-order valence-electron chi connectivity index (χ3n) is 6.55. The van der Waals surface area contributed by atoms with Crippen molar-refractivity contribution in [1.82, 2.24) is 20.2 Å². The molecule has 9 nitrogen and oxygen atoms in total. The van der Waals surface area contributed by atoms with Crippen LogP contribution >= 0.6 is 0 Å². The lowest BCUT2D eigenvalue weighted by Crippen LogP contribution is -2.55. The first-order valence-electron chi connectivity index (χ1n) is 11.2. The molecular formula is C21H31F2N7O2. The number of aryl methyl sites for hydroxylation is 1. The van der Waals surface area contributed by atoms with Crippen LogP contribution in [0.3, 0.4) is 0 Å². The van der Waals surface area contributed by atoms with Gasteiger partial charge in [0.1, 0.15) is 11.7 Å². The van der Waals surface area contributed by atoms with Crippen molar-refractivity contribution in [3.8, 4) is 0 Å². The Morgan fingerprint density at radius 3 is 2.47 bits per heavy atom. The second-order valence-electron chi connectivity index (χ2n) is 9.42. The lowest BCUT2D eigenvalue weighted by atomic mass is 9.87. The number of anilines is 3. The molecular weight excluding hydrogens is 420 g/mol. The summed E-state index contributed by atoms with van der Waals surface area (Å²) in [5, 5.41) is 9.17. The summed E-state index contributed by atoms with van der Waals surface area (Å²) in [6, 6.07) is -0.481. The van der Waals surface area contributed by atoms with Crippen LogP contribution in [0.4, 0.5) is 31.0 Å². The highest BCUT2D eigenvalue weighted by Gasteiger charge is 2.38. The van der Waals surface area contributed by atoms with Gasteiger partial charge in [-0.15, -0.1) is 0 Å². The lowest BCUT2D eigenvalue weighted by Gasteiger charge is -2.39. The normalized spacial score (nSPS) is 26.8. The molecule has 2 aliphatic heterocycles. The molecule has 0 aromatic carbocycles. The molecule has 32 heavy (non-hydrogen) atoms. The van der Waals surface area contributed by atoms with E-state index in [-0.39, 0.29) is 61.9 Å². The fourth-order valence-electron chi connectivity index (χ4n) is 4.62. The van der Waals surface area contributed by atoms with Gasteiger partial charge in [0, 0.05) is 45.1 Å². The zero-order valence-corrected chi connectivity index (χ0v) is 18.9. The minimum atomic E-state index is -2.67. The molecule has 1 saturated carbocycles. The fourth-order valence-corrected chi connectivity index (χ4v) is 4.62. The molecule has 1 unspecified atom stereocenters. The highest BCUT2D eigenvalue weighted by Crippen LogP contribution is 2.35. The maximum absolute atomic E-state index is 13.3. The van der Waals surface area contributed by atoms with E-state index < -0.39 is 5.92 Å². The number of amides is 3. The summed E-state index contributed by atoms with van der Waals surface area (Å²) in [5.41, 5.74) is 1.32. The standard InChI is InChI=1S/C21H31F2N7O2/c1-11(2)16-18(31)27-15-12(3)24-19(28-17(15)29(16)4)25-13-9-14(10-13)26-20(32)30-7-5-21(22,23)6-8-30/h11,13-14,16H,5-10H2,1-4H3,(H,26,32)(H,27,31)(H,24,25,28)/t13-,14-,16?. The van der Waals surface area contributed by atoms with Gasteiger partial charge >= 0.3 is 6.03 Å². The van der Waals surface area contributed by atoms with Crippen molar-refractivity contribution in [2.75, 3.05) is 35.7 Å². The van der Waals surface area contributed by atoms with Crippen LogP contribution in [0.5, 0.6) is 0 Å². The van der Waals surface area contributed by atoms with Gasteiger partial charge in [-0.2, -0.15) is 4.98 Å². The highest BCUT2D eigenvalue weighted by atomic mass is 19.3. The van der Waals surface area contributed by atoms with E-state index in [0.717, 1.165) is 0 Å². The number of fused-ring (bicyclic) bond motifs is 1. The Morgan fingerprint density at radius 1 is 1.19 bits per heavy atom. The number of likely N-dealkylation sites (tertiary alicyclic amines) is 1. The van der Waals surface area contributed by atoms with Crippen LogP contribution in [0.15, 0.2) is 0 Å². The van der Waals surface area contributed by atoms with E-state index in [0.29, 0.717) is 36.0 Å². The van der Waals surface area contributed by atoms with Crippen molar-refractivity contribution in [3.63, 3.8) is 0 Å². The minimum Gasteiger partial charge on any atom is -0.351 e. The average Bonchev–Trinajstić information content (AvgIpc) is 2.67. The third kappa shape index (κ3) is 4.42. The van der Waals surface area contributed by atoms with Gasteiger partial charge in [0.25, 0.3) is 5.92 Å². The molecule has 0 bridgehead atoms. The lowest BCUT2D eigenvalue weighted by molar-refractivity contribution is -0.118. The molecule has 0 spiro atoms. The molecule has 11 heteroatoms. The predicted molar refractivity (Wildman–Crippen MR) is 117 cm³/mol.